The number of halogens is 1. The van der Waals surface area contributed by atoms with Gasteiger partial charge in [0.15, 0.2) is 5.13 Å². The third-order valence-electron chi connectivity index (χ3n) is 3.42. The number of hydrogen-bond acceptors (Lipinski definition) is 5. The molecular weight excluding hydrogens is 331 g/mol. The topological polar surface area (TPSA) is 59.5 Å². The van der Waals surface area contributed by atoms with Crippen molar-refractivity contribution in [1.29, 1.82) is 0 Å². The van der Waals surface area contributed by atoms with Gasteiger partial charge in [0.25, 0.3) is 0 Å². The number of aromatic nitrogens is 1. The quantitative estimate of drug-likeness (QED) is 0.750. The second kappa shape index (κ2) is 8.01. The lowest BCUT2D eigenvalue weighted by Gasteiger charge is -2.13. The van der Waals surface area contributed by atoms with Crippen LogP contribution < -0.4 is 4.90 Å². The number of thiazole rings is 1. The van der Waals surface area contributed by atoms with E-state index >= 15 is 0 Å². The zero-order chi connectivity index (χ0) is 17.7. The maximum Gasteiger partial charge on any atom is 0.350 e. The molecule has 0 aliphatic carbocycles. The Morgan fingerprint density at radius 1 is 1.38 bits per heavy atom. The summed E-state index contributed by atoms with van der Waals surface area (Å²) in [6.45, 7) is 3.72. The molecule has 0 saturated heterocycles. The summed E-state index contributed by atoms with van der Waals surface area (Å²) in [5.74, 6) is -0.897. The van der Waals surface area contributed by atoms with Crippen LogP contribution in [0.5, 0.6) is 0 Å². The Bertz CT molecular complexity index is 745. The lowest BCUT2D eigenvalue weighted by Crippen LogP contribution is -2.26. The highest BCUT2D eigenvalue weighted by Crippen LogP contribution is 2.26. The Balaban J connectivity index is 2.02. The Hall–Kier alpha value is -2.28. The number of aryl methyl sites for hydroxylation is 2. The second-order valence-electron chi connectivity index (χ2n) is 5.21. The summed E-state index contributed by atoms with van der Waals surface area (Å²) in [5, 5.41) is 0.444. The largest absolute Gasteiger partial charge is 0.462 e. The number of amides is 1. The molecule has 1 aromatic heterocycles. The van der Waals surface area contributed by atoms with Crippen molar-refractivity contribution in [3.63, 3.8) is 0 Å². The molecule has 0 aliphatic heterocycles. The molecule has 1 amide bonds. The van der Waals surface area contributed by atoms with Crippen LogP contribution in [0.1, 0.15) is 34.3 Å². The summed E-state index contributed by atoms with van der Waals surface area (Å²) in [4.78, 5) is 30.2. The number of carbonyl (C=O) groups excluding carboxylic acids is 2. The fraction of sp³-hybridized carbons (Fsp3) is 0.353. The van der Waals surface area contributed by atoms with Crippen LogP contribution >= 0.6 is 11.3 Å². The normalized spacial score (nSPS) is 10.5. The van der Waals surface area contributed by atoms with E-state index in [4.69, 9.17) is 4.74 Å². The third kappa shape index (κ3) is 4.38. The second-order valence-corrected chi connectivity index (χ2v) is 6.19. The van der Waals surface area contributed by atoms with Crippen molar-refractivity contribution >= 4 is 28.3 Å². The lowest BCUT2D eigenvalue weighted by atomic mass is 10.1. The molecule has 1 heterocycles. The molecule has 0 N–H and O–H groups in total. The summed E-state index contributed by atoms with van der Waals surface area (Å²) < 4.78 is 18.1. The summed E-state index contributed by atoms with van der Waals surface area (Å²) in [6, 6.07) is 6.18. The van der Waals surface area contributed by atoms with Crippen LogP contribution in [0.3, 0.4) is 0 Å². The molecule has 0 bridgehead atoms. The van der Waals surface area contributed by atoms with Crippen LogP contribution in [-0.2, 0) is 16.0 Å². The fourth-order valence-electron chi connectivity index (χ4n) is 2.13. The van der Waals surface area contributed by atoms with Crippen LogP contribution in [0.2, 0.25) is 0 Å². The van der Waals surface area contributed by atoms with Gasteiger partial charge in [-0.25, -0.2) is 14.2 Å². The fourth-order valence-corrected chi connectivity index (χ4v) is 3.07. The SMILES string of the molecule is CCOC(=O)c1sc(N(C)C(=O)CCc2cccc(F)c2)nc1C. The average molecular weight is 350 g/mol. The van der Waals surface area contributed by atoms with Crippen LogP contribution in [-0.4, -0.2) is 30.5 Å². The number of hydrogen-bond donors (Lipinski definition) is 0. The number of esters is 1. The van der Waals surface area contributed by atoms with E-state index in [2.05, 4.69) is 4.98 Å². The van der Waals surface area contributed by atoms with Gasteiger partial charge in [0, 0.05) is 13.5 Å². The molecule has 5 nitrogen and oxygen atoms in total. The van der Waals surface area contributed by atoms with Gasteiger partial charge in [-0.2, -0.15) is 0 Å². The highest BCUT2D eigenvalue weighted by atomic mass is 32.1. The number of rotatable bonds is 6. The van der Waals surface area contributed by atoms with E-state index < -0.39 is 5.97 Å². The predicted octanol–water partition coefficient (Wildman–Crippen LogP) is 3.36. The van der Waals surface area contributed by atoms with E-state index in [1.807, 2.05) is 0 Å². The van der Waals surface area contributed by atoms with E-state index in [-0.39, 0.29) is 24.8 Å². The van der Waals surface area contributed by atoms with Crippen molar-refractivity contribution in [2.45, 2.75) is 26.7 Å². The molecular formula is C17H19FN2O3S. The van der Waals surface area contributed by atoms with E-state index in [0.29, 0.717) is 22.1 Å². The molecule has 0 unspecified atom stereocenters. The Morgan fingerprint density at radius 3 is 2.79 bits per heavy atom. The molecule has 0 fully saturated rings. The molecule has 1 aromatic carbocycles. The van der Waals surface area contributed by atoms with Gasteiger partial charge < -0.3 is 4.74 Å². The van der Waals surface area contributed by atoms with Gasteiger partial charge in [-0.15, -0.1) is 0 Å². The molecule has 0 aliphatic rings. The van der Waals surface area contributed by atoms with Gasteiger partial charge in [0.1, 0.15) is 10.7 Å². The van der Waals surface area contributed by atoms with Gasteiger partial charge in [0.05, 0.1) is 12.3 Å². The predicted molar refractivity (Wildman–Crippen MR) is 90.9 cm³/mol. The van der Waals surface area contributed by atoms with Crippen LogP contribution in [0.4, 0.5) is 9.52 Å². The minimum Gasteiger partial charge on any atom is -0.462 e. The van der Waals surface area contributed by atoms with Gasteiger partial charge in [-0.1, -0.05) is 23.5 Å². The van der Waals surface area contributed by atoms with Gasteiger partial charge in [-0.05, 0) is 38.0 Å². The van der Waals surface area contributed by atoms with Gasteiger partial charge >= 0.3 is 5.97 Å². The molecule has 2 aromatic rings. The molecule has 0 saturated carbocycles. The van der Waals surface area contributed by atoms with Crippen molar-refractivity contribution < 1.29 is 18.7 Å². The van der Waals surface area contributed by atoms with Crippen molar-refractivity contribution in [1.82, 2.24) is 4.98 Å². The maximum absolute atomic E-state index is 13.2. The first-order chi connectivity index (χ1) is 11.4. The summed E-state index contributed by atoms with van der Waals surface area (Å²) in [5.41, 5.74) is 1.30. The molecule has 0 atom stereocenters. The highest BCUT2D eigenvalue weighted by Gasteiger charge is 2.21. The van der Waals surface area contributed by atoms with Crippen molar-refractivity contribution in [3.8, 4) is 0 Å². The molecule has 0 radical (unpaired) electrons. The number of carbonyl (C=O) groups is 2. The van der Waals surface area contributed by atoms with Gasteiger partial charge in [-0.3, -0.25) is 9.69 Å². The summed E-state index contributed by atoms with van der Waals surface area (Å²) >= 11 is 1.13. The van der Waals surface area contributed by atoms with Crippen LogP contribution in [0, 0.1) is 12.7 Å². The zero-order valence-corrected chi connectivity index (χ0v) is 14.7. The third-order valence-corrected chi connectivity index (χ3v) is 4.64. The standard InChI is InChI=1S/C17H19FN2O3S/c1-4-23-16(22)15-11(2)19-17(24-15)20(3)14(21)9-8-12-6-5-7-13(18)10-12/h5-7,10H,4,8-9H2,1-3H3. The Kier molecular flexibility index (Phi) is 6.03. The van der Waals surface area contributed by atoms with Crippen molar-refractivity contribution in [3.05, 3.63) is 46.2 Å². The summed E-state index contributed by atoms with van der Waals surface area (Å²) in [7, 11) is 1.61. The number of anilines is 1. The lowest BCUT2D eigenvalue weighted by molar-refractivity contribution is -0.118. The zero-order valence-electron chi connectivity index (χ0n) is 13.8. The number of ether oxygens (including phenoxy) is 1. The minimum absolute atomic E-state index is 0.150. The molecule has 2 rings (SSSR count). The van der Waals surface area contributed by atoms with Crippen LogP contribution in [0.25, 0.3) is 0 Å². The van der Waals surface area contributed by atoms with E-state index in [0.717, 1.165) is 16.9 Å². The van der Waals surface area contributed by atoms with Crippen molar-refractivity contribution in [2.75, 3.05) is 18.6 Å². The first kappa shape index (κ1) is 18.1. The minimum atomic E-state index is -0.431. The van der Waals surface area contributed by atoms with Crippen molar-refractivity contribution in [2.24, 2.45) is 0 Å². The Labute approximate surface area is 144 Å². The molecule has 24 heavy (non-hydrogen) atoms. The van der Waals surface area contributed by atoms with Gasteiger partial charge in [0.2, 0.25) is 5.91 Å². The average Bonchev–Trinajstić information content (AvgIpc) is 2.94. The highest BCUT2D eigenvalue weighted by molar-refractivity contribution is 7.17. The first-order valence-corrected chi connectivity index (χ1v) is 8.39. The van der Waals surface area contributed by atoms with E-state index in [9.17, 15) is 14.0 Å². The van der Waals surface area contributed by atoms with Crippen LogP contribution in [0.15, 0.2) is 24.3 Å². The Morgan fingerprint density at radius 2 is 2.12 bits per heavy atom. The maximum atomic E-state index is 13.2. The van der Waals surface area contributed by atoms with E-state index in [1.54, 1.807) is 33.0 Å². The first-order valence-electron chi connectivity index (χ1n) is 7.58. The molecule has 0 spiro atoms. The number of nitrogens with zero attached hydrogens (tertiary/aromatic N) is 2. The molecule has 128 valence electrons. The monoisotopic (exact) mass is 350 g/mol. The van der Waals surface area contributed by atoms with E-state index in [1.165, 1.54) is 17.0 Å². The summed E-state index contributed by atoms with van der Waals surface area (Å²) in [6.07, 6.45) is 0.670. The molecule has 7 heteroatoms. The smallest absolute Gasteiger partial charge is 0.350 e. The number of benzene rings is 1.